The van der Waals surface area contributed by atoms with E-state index < -0.39 is 63.7 Å². The van der Waals surface area contributed by atoms with E-state index in [1.54, 1.807) is 26.2 Å². The SMILES string of the molecule is CC(C)(C)OC(=O)NCCCN=C(N)N1CCc2cc(OCCO/N=C(\C(=O)C[C@@H]3C(=O)N(S(=O)(=O)O)[C@@H]3CN3CCOC3=O)c3csc(NC(c4ccccc4)(c4ccccc4)c4ccccc4)n3)ccc2C1. The van der Waals surface area contributed by atoms with Crippen molar-refractivity contribution in [2.24, 2.45) is 21.8 Å². The smallest absolute Gasteiger partial charge is 0.410 e. The number of nitrogens with one attached hydrogen (secondary N) is 2. The number of rotatable bonds is 21. The van der Waals surface area contributed by atoms with Gasteiger partial charge in [-0.05, 0) is 73.6 Å². The highest BCUT2D eigenvalue weighted by Crippen LogP contribution is 2.41. The molecule has 8 rings (SSSR count). The molecule has 5 aromatic rings. The van der Waals surface area contributed by atoms with Crippen molar-refractivity contribution in [1.82, 2.24) is 24.4 Å². The second-order valence-electron chi connectivity index (χ2n) is 18.7. The van der Waals surface area contributed by atoms with E-state index in [4.69, 9.17) is 29.8 Å². The topological polar surface area (TPSA) is 257 Å². The van der Waals surface area contributed by atoms with Crippen LogP contribution >= 0.6 is 11.3 Å². The number of hydrogen-bond acceptors (Lipinski definition) is 15. The summed E-state index contributed by atoms with van der Waals surface area (Å²) in [6, 6.07) is 34.1. The number of benzene rings is 4. The number of anilines is 1. The lowest BCUT2D eigenvalue weighted by atomic mass is 9.77. The quantitative estimate of drug-likeness (QED) is 0.0125. The van der Waals surface area contributed by atoms with Crippen LogP contribution in [-0.2, 0) is 52.7 Å². The van der Waals surface area contributed by atoms with Crippen LogP contribution in [0.3, 0.4) is 0 Å². The largest absolute Gasteiger partial charge is 0.490 e. The zero-order valence-electron chi connectivity index (χ0n) is 41.2. The van der Waals surface area contributed by atoms with Crippen molar-refractivity contribution in [3.05, 3.63) is 148 Å². The number of β-lactam (4-membered cyclic amide) rings is 1. The molecule has 20 nitrogen and oxygen atoms in total. The molecule has 5 N–H and O–H groups in total. The van der Waals surface area contributed by atoms with E-state index in [2.05, 4.69) is 20.8 Å². The van der Waals surface area contributed by atoms with Crippen LogP contribution in [-0.4, -0.2) is 132 Å². The molecule has 3 aliphatic heterocycles. The number of fused-ring (bicyclic) bond motifs is 1. The fourth-order valence-electron chi connectivity index (χ4n) is 9.02. The second kappa shape index (κ2) is 23.1. The fraction of sp³-hybridized carbons (Fsp3) is 0.365. The average Bonchev–Trinajstić information content (AvgIpc) is 4.02. The molecule has 3 aliphatic rings. The van der Waals surface area contributed by atoms with Gasteiger partial charge in [0.1, 0.15) is 35.8 Å². The van der Waals surface area contributed by atoms with Crippen molar-refractivity contribution >= 4 is 62.3 Å². The molecule has 2 saturated heterocycles. The third kappa shape index (κ3) is 12.6. The predicted molar refractivity (Wildman–Crippen MR) is 277 cm³/mol. The van der Waals surface area contributed by atoms with Gasteiger partial charge in [-0.25, -0.2) is 18.9 Å². The molecule has 4 aromatic carbocycles. The van der Waals surface area contributed by atoms with E-state index in [-0.39, 0.29) is 48.6 Å². The lowest BCUT2D eigenvalue weighted by Crippen LogP contribution is -2.66. The number of nitrogens with zero attached hydrogens (tertiary/aromatic N) is 6. The number of aliphatic imine (C=N–C) groups is 1. The van der Waals surface area contributed by atoms with Crippen LogP contribution in [0.2, 0.25) is 0 Å². The summed E-state index contributed by atoms with van der Waals surface area (Å²) in [6.07, 6.45) is -0.442. The molecule has 0 radical (unpaired) electrons. The van der Waals surface area contributed by atoms with Crippen LogP contribution in [0.1, 0.15) is 67.1 Å². The van der Waals surface area contributed by atoms with E-state index in [0.717, 1.165) is 27.8 Å². The number of Topliss-reactive ketones (excluding diaryl/α,β-unsaturated/α-hetero) is 1. The van der Waals surface area contributed by atoms with Crippen LogP contribution < -0.4 is 21.1 Å². The van der Waals surface area contributed by atoms with Crippen LogP contribution in [0, 0.1) is 5.92 Å². The molecule has 3 amide bonds. The fourth-order valence-corrected chi connectivity index (χ4v) is 10.7. The van der Waals surface area contributed by atoms with Gasteiger partial charge < -0.3 is 45.2 Å². The number of guanidine groups is 1. The highest BCUT2D eigenvalue weighted by molar-refractivity contribution is 7.84. The molecule has 74 heavy (non-hydrogen) atoms. The summed E-state index contributed by atoms with van der Waals surface area (Å²) >= 11 is 1.22. The Morgan fingerprint density at radius 3 is 2.19 bits per heavy atom. The van der Waals surface area contributed by atoms with Crippen molar-refractivity contribution < 1.29 is 51.2 Å². The Labute approximate surface area is 433 Å². The number of oxime groups is 1. The Hall–Kier alpha value is -7.56. The van der Waals surface area contributed by atoms with Crippen molar-refractivity contribution in [3.63, 3.8) is 0 Å². The van der Waals surface area contributed by atoms with Gasteiger partial charge in [0.15, 0.2) is 29.2 Å². The monoisotopic (exact) mass is 1050 g/mol. The molecular weight excluding hydrogens is 991 g/mol. The van der Waals surface area contributed by atoms with Gasteiger partial charge in [-0.3, -0.25) is 19.1 Å². The maximum Gasteiger partial charge on any atom is 0.410 e. The molecule has 0 unspecified atom stereocenters. The molecule has 2 atom stereocenters. The Morgan fingerprint density at radius 2 is 1.58 bits per heavy atom. The Balaban J connectivity index is 0.975. The average molecular weight is 1050 g/mol. The summed E-state index contributed by atoms with van der Waals surface area (Å²) in [5, 5.41) is 12.7. The Kier molecular flexibility index (Phi) is 16.5. The first-order valence-electron chi connectivity index (χ1n) is 24.1. The van der Waals surface area contributed by atoms with E-state index in [1.807, 2.05) is 114 Å². The summed E-state index contributed by atoms with van der Waals surface area (Å²) in [6.45, 7) is 7.29. The number of cyclic esters (lactones) is 1. The van der Waals surface area contributed by atoms with E-state index >= 15 is 0 Å². The van der Waals surface area contributed by atoms with Gasteiger partial charge >= 0.3 is 22.5 Å². The van der Waals surface area contributed by atoms with Crippen LogP contribution in [0.4, 0.5) is 14.7 Å². The number of ether oxygens (including phenoxy) is 3. The normalized spacial score (nSPS) is 17.3. The van der Waals surface area contributed by atoms with Crippen molar-refractivity contribution in [2.45, 2.75) is 63.8 Å². The highest BCUT2D eigenvalue weighted by Gasteiger charge is 2.55. The number of carbonyl (C=O) groups is 4. The third-order valence-corrected chi connectivity index (χ3v) is 14.2. The summed E-state index contributed by atoms with van der Waals surface area (Å²) in [4.78, 5) is 70.5. The molecular formula is C52H59N9O11S2. The zero-order valence-corrected chi connectivity index (χ0v) is 42.8. The van der Waals surface area contributed by atoms with Gasteiger partial charge in [-0.2, -0.15) is 8.42 Å². The summed E-state index contributed by atoms with van der Waals surface area (Å²) in [5.41, 5.74) is 9.58. The molecule has 2 fully saturated rings. The van der Waals surface area contributed by atoms with Crippen LogP contribution in [0.15, 0.2) is 125 Å². The molecule has 4 heterocycles. The maximum atomic E-state index is 14.5. The number of thiazole rings is 1. The lowest BCUT2D eigenvalue weighted by molar-refractivity contribution is -0.149. The number of carbonyl (C=O) groups excluding carboxylic acids is 4. The number of amides is 3. The minimum absolute atomic E-state index is 0.0360. The first-order valence-corrected chi connectivity index (χ1v) is 26.4. The molecule has 0 bridgehead atoms. The molecule has 22 heteroatoms. The minimum Gasteiger partial charge on any atom is -0.490 e. The van der Waals surface area contributed by atoms with E-state index in [9.17, 15) is 32.1 Å². The van der Waals surface area contributed by atoms with E-state index in [1.165, 1.54) is 16.2 Å². The Morgan fingerprint density at radius 1 is 0.919 bits per heavy atom. The summed E-state index contributed by atoms with van der Waals surface area (Å²) < 4.78 is 51.3. The van der Waals surface area contributed by atoms with Crippen LogP contribution in [0.5, 0.6) is 5.75 Å². The third-order valence-electron chi connectivity index (χ3n) is 12.5. The van der Waals surface area contributed by atoms with E-state index in [0.29, 0.717) is 55.9 Å². The lowest BCUT2D eigenvalue weighted by Gasteiger charge is -2.45. The maximum absolute atomic E-state index is 14.5. The Bertz CT molecular complexity index is 2870. The van der Waals surface area contributed by atoms with Gasteiger partial charge in [-0.1, -0.05) is 102 Å². The number of aromatic nitrogens is 1. The van der Waals surface area contributed by atoms with Crippen molar-refractivity contribution in [2.75, 3.05) is 57.9 Å². The second-order valence-corrected chi connectivity index (χ2v) is 20.9. The molecule has 390 valence electrons. The van der Waals surface area contributed by atoms with Gasteiger partial charge in [0.25, 0.3) is 0 Å². The van der Waals surface area contributed by atoms with Crippen molar-refractivity contribution in [3.8, 4) is 5.75 Å². The highest BCUT2D eigenvalue weighted by atomic mass is 32.2. The summed E-state index contributed by atoms with van der Waals surface area (Å²) in [7, 11) is -5.03. The van der Waals surface area contributed by atoms with Crippen molar-refractivity contribution in [1.29, 1.82) is 0 Å². The first-order chi connectivity index (χ1) is 35.5. The molecule has 0 spiro atoms. The number of alkyl carbamates (subject to hydrolysis) is 1. The molecule has 0 aliphatic carbocycles. The van der Waals surface area contributed by atoms with Crippen LogP contribution in [0.25, 0.3) is 0 Å². The van der Waals surface area contributed by atoms with Gasteiger partial charge in [0.2, 0.25) is 5.91 Å². The molecule has 0 saturated carbocycles. The standard InChI is InChI=1S/C52H59N9O11S2/c1-51(2,3)72-49(64)55-24-13-23-54-47(53)59-25-22-35-30-40(21-20-36(35)32-59)69-28-29-71-58-45(44(62)31-41-43(33-60-26-27-70-50(60)65)61(46(41)63)74(66,67)68)42-34-73-48(56-42)57-52(37-14-7-4-8-15-37,38-16-9-5-10-17-38)39-18-11-6-12-19-39/h4-12,14-21,30,34,41,43H,13,22-29,31-33H2,1-3H3,(H2,53,54)(H,55,64)(H,56,57)(H,66,67,68)/b58-45-/t41-,43+/m0/s1. The van der Waals surface area contributed by atoms with Gasteiger partial charge in [0, 0.05) is 44.5 Å². The summed E-state index contributed by atoms with van der Waals surface area (Å²) in [5.74, 6) is -1.95. The van der Waals surface area contributed by atoms with Gasteiger partial charge in [-0.15, -0.1) is 11.3 Å². The number of ketones is 1. The first kappa shape index (κ1) is 52.8. The minimum atomic E-state index is -5.03. The predicted octanol–water partition coefficient (Wildman–Crippen LogP) is 5.98. The number of hydrogen-bond donors (Lipinski definition) is 4. The molecule has 1 aromatic heterocycles. The number of nitrogens with two attached hydrogens (primary N) is 1. The van der Waals surface area contributed by atoms with Gasteiger partial charge in [0.05, 0.1) is 18.5 Å². The zero-order chi connectivity index (χ0) is 52.5.